The number of ether oxygens (including phenoxy) is 2. The van der Waals surface area contributed by atoms with Crippen LogP contribution in [0.4, 0.5) is 0 Å². The van der Waals surface area contributed by atoms with Gasteiger partial charge in [-0.1, -0.05) is 12.1 Å². The molecule has 0 aliphatic carbocycles. The van der Waals surface area contributed by atoms with Crippen LogP contribution in [0.2, 0.25) is 0 Å². The maximum absolute atomic E-state index is 12.0. The summed E-state index contributed by atoms with van der Waals surface area (Å²) < 4.78 is 11.3. The van der Waals surface area contributed by atoms with E-state index in [2.05, 4.69) is 16.8 Å². The summed E-state index contributed by atoms with van der Waals surface area (Å²) in [5.74, 6) is 0.183. The molecule has 0 spiro atoms. The lowest BCUT2D eigenvalue weighted by atomic mass is 9.89. The molecule has 2 saturated heterocycles. The molecule has 0 bridgehead atoms. The number of methoxy groups -OCH3 is 1. The first-order chi connectivity index (χ1) is 12.0. The fraction of sp³-hybridized carbons (Fsp3) is 0.632. The van der Waals surface area contributed by atoms with Gasteiger partial charge in [-0.05, 0) is 45.1 Å². The average molecular weight is 348 g/mol. The number of carboxylic acid groups (broad SMARTS) is 1. The van der Waals surface area contributed by atoms with E-state index in [0.717, 1.165) is 39.0 Å². The topological polar surface area (TPSA) is 62.2 Å². The minimum atomic E-state index is -1.17. The standard InChI is InChI=1S/C19H28N2O4/c1-20-11-7-15(8-12-20)21-13-9-19(10-14-21,18(22)23)25-17-6-4-3-5-16(17)24-2/h3-6,15H,7-14H2,1-2H3,(H,22,23). The highest BCUT2D eigenvalue weighted by Crippen LogP contribution is 2.35. The van der Waals surface area contributed by atoms with E-state index in [0.29, 0.717) is 30.4 Å². The number of hydrogen-bond acceptors (Lipinski definition) is 5. The van der Waals surface area contributed by atoms with Crippen molar-refractivity contribution in [1.29, 1.82) is 0 Å². The van der Waals surface area contributed by atoms with Crippen LogP contribution in [-0.4, -0.2) is 72.9 Å². The van der Waals surface area contributed by atoms with Gasteiger partial charge >= 0.3 is 5.97 Å². The molecule has 1 aromatic rings. The Bertz CT molecular complexity index is 591. The Morgan fingerprint density at radius 2 is 1.72 bits per heavy atom. The predicted molar refractivity (Wildman–Crippen MR) is 95.3 cm³/mol. The average Bonchev–Trinajstić information content (AvgIpc) is 2.63. The Labute approximate surface area is 149 Å². The lowest BCUT2D eigenvalue weighted by Gasteiger charge is -2.44. The Hall–Kier alpha value is -1.79. The normalized spacial score (nSPS) is 22.5. The van der Waals surface area contributed by atoms with Crippen LogP contribution in [0.5, 0.6) is 11.5 Å². The molecule has 0 amide bonds. The second-order valence-electron chi connectivity index (χ2n) is 7.12. The molecule has 2 aliphatic heterocycles. The quantitative estimate of drug-likeness (QED) is 0.879. The molecule has 0 saturated carbocycles. The fourth-order valence-electron chi connectivity index (χ4n) is 3.88. The van der Waals surface area contributed by atoms with Gasteiger partial charge in [0.2, 0.25) is 5.60 Å². The molecule has 6 nitrogen and oxygen atoms in total. The van der Waals surface area contributed by atoms with Gasteiger partial charge < -0.3 is 19.5 Å². The van der Waals surface area contributed by atoms with Gasteiger partial charge in [-0.25, -0.2) is 4.79 Å². The number of carbonyl (C=O) groups is 1. The van der Waals surface area contributed by atoms with Crippen molar-refractivity contribution in [2.75, 3.05) is 40.3 Å². The molecule has 1 aromatic carbocycles. The van der Waals surface area contributed by atoms with Crippen LogP contribution in [0, 0.1) is 0 Å². The van der Waals surface area contributed by atoms with E-state index >= 15 is 0 Å². The van der Waals surface area contributed by atoms with E-state index in [-0.39, 0.29) is 0 Å². The van der Waals surface area contributed by atoms with Gasteiger partial charge in [0, 0.05) is 32.0 Å². The molecular formula is C19H28N2O4. The Morgan fingerprint density at radius 3 is 2.28 bits per heavy atom. The van der Waals surface area contributed by atoms with Crippen LogP contribution in [-0.2, 0) is 4.79 Å². The molecule has 2 aliphatic rings. The molecule has 138 valence electrons. The number of likely N-dealkylation sites (tertiary alicyclic amines) is 2. The number of para-hydroxylation sites is 2. The molecule has 0 unspecified atom stereocenters. The van der Waals surface area contributed by atoms with Crippen LogP contribution in [0.1, 0.15) is 25.7 Å². The van der Waals surface area contributed by atoms with Crippen molar-refractivity contribution < 1.29 is 19.4 Å². The summed E-state index contributed by atoms with van der Waals surface area (Å²) in [7, 11) is 3.72. The number of benzene rings is 1. The minimum Gasteiger partial charge on any atom is -0.493 e. The summed E-state index contributed by atoms with van der Waals surface area (Å²) in [5.41, 5.74) is -1.17. The first kappa shape index (κ1) is 18.0. The summed E-state index contributed by atoms with van der Waals surface area (Å²) in [4.78, 5) is 16.8. The second kappa shape index (κ2) is 7.62. The molecular weight excluding hydrogens is 320 g/mol. The van der Waals surface area contributed by atoms with E-state index in [1.165, 1.54) is 0 Å². The summed E-state index contributed by atoms with van der Waals surface area (Å²) in [6, 6.07) is 7.81. The Kier molecular flexibility index (Phi) is 5.49. The highest BCUT2D eigenvalue weighted by Gasteiger charge is 2.45. The number of carboxylic acids is 1. The molecule has 6 heteroatoms. The first-order valence-electron chi connectivity index (χ1n) is 9.02. The van der Waals surface area contributed by atoms with E-state index in [1.807, 2.05) is 12.1 Å². The molecule has 1 N–H and O–H groups in total. The van der Waals surface area contributed by atoms with Crippen LogP contribution in [0.25, 0.3) is 0 Å². The van der Waals surface area contributed by atoms with Gasteiger partial charge in [0.25, 0.3) is 0 Å². The second-order valence-corrected chi connectivity index (χ2v) is 7.12. The molecule has 0 aromatic heterocycles. The maximum atomic E-state index is 12.0. The van der Waals surface area contributed by atoms with Crippen LogP contribution < -0.4 is 9.47 Å². The van der Waals surface area contributed by atoms with Crippen molar-refractivity contribution >= 4 is 5.97 Å². The molecule has 0 atom stereocenters. The third-order valence-corrected chi connectivity index (χ3v) is 5.57. The molecule has 0 radical (unpaired) electrons. The van der Waals surface area contributed by atoms with E-state index in [1.54, 1.807) is 19.2 Å². The van der Waals surface area contributed by atoms with Gasteiger partial charge in [-0.2, -0.15) is 0 Å². The number of nitrogens with zero attached hydrogens (tertiary/aromatic N) is 2. The van der Waals surface area contributed by atoms with Crippen molar-refractivity contribution in [2.24, 2.45) is 0 Å². The van der Waals surface area contributed by atoms with Gasteiger partial charge in [0.15, 0.2) is 11.5 Å². The lowest BCUT2D eigenvalue weighted by Crippen LogP contribution is -2.56. The molecule has 25 heavy (non-hydrogen) atoms. The minimum absolute atomic E-state index is 0.493. The summed E-state index contributed by atoms with van der Waals surface area (Å²) in [6.45, 7) is 3.75. The number of piperidine rings is 2. The largest absolute Gasteiger partial charge is 0.493 e. The predicted octanol–water partition coefficient (Wildman–Crippen LogP) is 2.09. The van der Waals surface area contributed by atoms with Crippen LogP contribution in [0.15, 0.2) is 24.3 Å². The highest BCUT2D eigenvalue weighted by atomic mass is 16.5. The number of rotatable bonds is 5. The monoisotopic (exact) mass is 348 g/mol. The molecule has 2 fully saturated rings. The number of hydrogen-bond donors (Lipinski definition) is 1. The first-order valence-corrected chi connectivity index (χ1v) is 9.02. The molecule has 3 rings (SSSR count). The summed E-state index contributed by atoms with van der Waals surface area (Å²) in [5, 5.41) is 9.85. The highest BCUT2D eigenvalue weighted by molar-refractivity contribution is 5.78. The van der Waals surface area contributed by atoms with Crippen molar-refractivity contribution in [3.05, 3.63) is 24.3 Å². The number of aliphatic carboxylic acids is 1. The third-order valence-electron chi connectivity index (χ3n) is 5.57. The van der Waals surface area contributed by atoms with Crippen molar-refractivity contribution in [3.63, 3.8) is 0 Å². The van der Waals surface area contributed by atoms with Crippen molar-refractivity contribution in [1.82, 2.24) is 9.80 Å². The van der Waals surface area contributed by atoms with Gasteiger partial charge in [-0.3, -0.25) is 4.90 Å². The van der Waals surface area contributed by atoms with E-state index < -0.39 is 11.6 Å². The zero-order valence-corrected chi connectivity index (χ0v) is 15.1. The Morgan fingerprint density at radius 1 is 1.12 bits per heavy atom. The lowest BCUT2D eigenvalue weighted by molar-refractivity contribution is -0.160. The SMILES string of the molecule is COc1ccccc1OC1(C(=O)O)CCN(C2CCN(C)CC2)CC1. The van der Waals surface area contributed by atoms with E-state index in [4.69, 9.17) is 9.47 Å². The fourth-order valence-corrected chi connectivity index (χ4v) is 3.88. The maximum Gasteiger partial charge on any atom is 0.348 e. The smallest absolute Gasteiger partial charge is 0.348 e. The van der Waals surface area contributed by atoms with Crippen LogP contribution in [0.3, 0.4) is 0 Å². The summed E-state index contributed by atoms with van der Waals surface area (Å²) in [6.07, 6.45) is 3.30. The van der Waals surface area contributed by atoms with Crippen LogP contribution >= 0.6 is 0 Å². The van der Waals surface area contributed by atoms with E-state index in [9.17, 15) is 9.90 Å². The van der Waals surface area contributed by atoms with Gasteiger partial charge in [0.05, 0.1) is 7.11 Å². The summed E-state index contributed by atoms with van der Waals surface area (Å²) >= 11 is 0. The third kappa shape index (κ3) is 3.90. The zero-order chi connectivity index (χ0) is 17.9. The zero-order valence-electron chi connectivity index (χ0n) is 15.1. The van der Waals surface area contributed by atoms with Gasteiger partial charge in [0.1, 0.15) is 0 Å². The Balaban J connectivity index is 1.68. The van der Waals surface area contributed by atoms with Gasteiger partial charge in [-0.15, -0.1) is 0 Å². The van der Waals surface area contributed by atoms with Crippen molar-refractivity contribution in [2.45, 2.75) is 37.3 Å². The van der Waals surface area contributed by atoms with Crippen molar-refractivity contribution in [3.8, 4) is 11.5 Å². The molecule has 2 heterocycles.